The van der Waals surface area contributed by atoms with E-state index in [9.17, 15) is 0 Å². The summed E-state index contributed by atoms with van der Waals surface area (Å²) in [4.78, 5) is 4.33. The standard InChI is InChI=1S/C12H13N/c1-5-9(2)8-12-10(3)6-7-11(4)13-12/h5-8H,1-3H2,4H3/b12-8+. The number of aromatic nitrogens is 1. The summed E-state index contributed by atoms with van der Waals surface area (Å²) >= 11 is 0. The zero-order valence-corrected chi connectivity index (χ0v) is 7.88. The van der Waals surface area contributed by atoms with Gasteiger partial charge in [0.05, 0.1) is 5.35 Å². The topological polar surface area (TPSA) is 12.9 Å². The molecule has 0 aromatic carbocycles. The summed E-state index contributed by atoms with van der Waals surface area (Å²) in [7, 11) is 0. The van der Waals surface area contributed by atoms with Crippen LogP contribution in [0.3, 0.4) is 0 Å². The fourth-order valence-electron chi connectivity index (χ4n) is 0.965. The molecule has 0 amide bonds. The number of nitrogens with zero attached hydrogens (tertiary/aromatic N) is 1. The minimum atomic E-state index is 0.850. The number of allylic oxidation sites excluding steroid dienone is 2. The maximum absolute atomic E-state index is 4.33. The van der Waals surface area contributed by atoms with Crippen molar-refractivity contribution in [3.8, 4) is 0 Å². The van der Waals surface area contributed by atoms with Crippen LogP contribution in [0.25, 0.3) is 12.7 Å². The van der Waals surface area contributed by atoms with E-state index >= 15 is 0 Å². The maximum atomic E-state index is 4.33. The smallest absolute Gasteiger partial charge is 0.0704 e. The van der Waals surface area contributed by atoms with Crippen LogP contribution in [0.5, 0.6) is 0 Å². The second-order valence-corrected chi connectivity index (χ2v) is 2.92. The molecule has 1 heteroatoms. The Morgan fingerprint density at radius 3 is 2.77 bits per heavy atom. The highest BCUT2D eigenvalue weighted by molar-refractivity contribution is 5.49. The van der Waals surface area contributed by atoms with Crippen LogP contribution in [-0.4, -0.2) is 4.98 Å². The van der Waals surface area contributed by atoms with Crippen molar-refractivity contribution in [1.82, 2.24) is 4.98 Å². The predicted molar refractivity (Wildman–Crippen MR) is 57.5 cm³/mol. The maximum Gasteiger partial charge on any atom is 0.0704 e. The van der Waals surface area contributed by atoms with Crippen molar-refractivity contribution in [3.63, 3.8) is 0 Å². The van der Waals surface area contributed by atoms with Gasteiger partial charge in [0.25, 0.3) is 0 Å². The molecule has 0 spiro atoms. The average Bonchev–Trinajstić information content (AvgIpc) is 2.11. The Kier molecular flexibility index (Phi) is 2.80. The Balaban J connectivity index is 3.36. The lowest BCUT2D eigenvalue weighted by molar-refractivity contribution is 1.13. The van der Waals surface area contributed by atoms with Gasteiger partial charge in [0, 0.05) is 5.69 Å². The van der Waals surface area contributed by atoms with Crippen LogP contribution >= 0.6 is 0 Å². The van der Waals surface area contributed by atoms with E-state index in [-0.39, 0.29) is 0 Å². The van der Waals surface area contributed by atoms with E-state index in [1.165, 1.54) is 0 Å². The molecule has 0 atom stereocenters. The van der Waals surface area contributed by atoms with E-state index in [4.69, 9.17) is 0 Å². The molecule has 0 saturated heterocycles. The fraction of sp³-hybridized carbons (Fsp3) is 0.0833. The molecule has 0 bridgehead atoms. The van der Waals surface area contributed by atoms with E-state index in [2.05, 4.69) is 24.7 Å². The third-order valence-electron chi connectivity index (χ3n) is 1.74. The average molecular weight is 171 g/mol. The molecule has 1 heterocycles. The Bertz CT molecular complexity index is 441. The monoisotopic (exact) mass is 171 g/mol. The minimum absolute atomic E-state index is 0.850. The lowest BCUT2D eigenvalue weighted by Crippen LogP contribution is -2.27. The van der Waals surface area contributed by atoms with Gasteiger partial charge in [-0.3, -0.25) is 4.98 Å². The van der Waals surface area contributed by atoms with Crippen LogP contribution in [0, 0.1) is 6.92 Å². The first kappa shape index (κ1) is 9.46. The highest BCUT2D eigenvalue weighted by Crippen LogP contribution is 1.90. The fourth-order valence-corrected chi connectivity index (χ4v) is 0.965. The van der Waals surface area contributed by atoms with Crippen LogP contribution in [-0.2, 0) is 0 Å². The Morgan fingerprint density at radius 1 is 1.46 bits per heavy atom. The molecule has 0 aliphatic carbocycles. The molecule has 0 saturated carbocycles. The van der Waals surface area contributed by atoms with Crippen molar-refractivity contribution in [1.29, 1.82) is 0 Å². The summed E-state index contributed by atoms with van der Waals surface area (Å²) in [5.74, 6) is 0. The lowest BCUT2D eigenvalue weighted by atomic mass is 10.2. The summed E-state index contributed by atoms with van der Waals surface area (Å²) in [6, 6.07) is 3.89. The van der Waals surface area contributed by atoms with E-state index in [0.717, 1.165) is 21.8 Å². The third-order valence-corrected chi connectivity index (χ3v) is 1.74. The second-order valence-electron chi connectivity index (χ2n) is 2.92. The molecular formula is C12H13N. The van der Waals surface area contributed by atoms with Crippen molar-refractivity contribution in [3.05, 3.63) is 53.2 Å². The molecule has 0 unspecified atom stereocenters. The molecule has 1 rings (SSSR count). The molecule has 1 aromatic rings. The lowest BCUT2D eigenvalue weighted by Gasteiger charge is -1.92. The van der Waals surface area contributed by atoms with E-state index < -0.39 is 0 Å². The molecule has 0 N–H and O–H groups in total. The minimum Gasteiger partial charge on any atom is -0.253 e. The number of pyridine rings is 1. The Hall–Kier alpha value is -1.63. The van der Waals surface area contributed by atoms with Gasteiger partial charge < -0.3 is 0 Å². The molecule has 1 aromatic heterocycles. The van der Waals surface area contributed by atoms with Gasteiger partial charge >= 0.3 is 0 Å². The molecule has 66 valence electrons. The van der Waals surface area contributed by atoms with Gasteiger partial charge in [-0.15, -0.1) is 0 Å². The van der Waals surface area contributed by atoms with E-state index in [1.807, 2.05) is 25.1 Å². The molecule has 1 nitrogen and oxygen atoms in total. The van der Waals surface area contributed by atoms with E-state index in [0.29, 0.717) is 0 Å². The zero-order chi connectivity index (χ0) is 9.84. The van der Waals surface area contributed by atoms with Crippen LogP contribution in [0.1, 0.15) is 5.69 Å². The summed E-state index contributed by atoms with van der Waals surface area (Å²) < 4.78 is 0. The molecule has 0 aliphatic heterocycles. The number of rotatable bonds is 2. The molecular weight excluding hydrogens is 158 g/mol. The Morgan fingerprint density at radius 2 is 2.15 bits per heavy atom. The summed E-state index contributed by atoms with van der Waals surface area (Å²) in [6.07, 6.45) is 3.58. The summed E-state index contributed by atoms with van der Waals surface area (Å²) in [5, 5.41) is 1.78. The molecule has 0 fully saturated rings. The normalized spacial score (nSPS) is 11.3. The highest BCUT2D eigenvalue weighted by atomic mass is 14.7. The number of aryl methyl sites for hydroxylation is 1. The van der Waals surface area contributed by atoms with Gasteiger partial charge in [-0.25, -0.2) is 0 Å². The third kappa shape index (κ3) is 2.41. The second kappa shape index (κ2) is 3.85. The largest absolute Gasteiger partial charge is 0.253 e. The van der Waals surface area contributed by atoms with Crippen molar-refractivity contribution in [2.75, 3.05) is 0 Å². The predicted octanol–water partition coefficient (Wildman–Crippen LogP) is 1.32. The molecule has 13 heavy (non-hydrogen) atoms. The van der Waals surface area contributed by atoms with Gasteiger partial charge in [0.1, 0.15) is 0 Å². The van der Waals surface area contributed by atoms with E-state index in [1.54, 1.807) is 6.08 Å². The van der Waals surface area contributed by atoms with Crippen LogP contribution in [0.15, 0.2) is 36.9 Å². The van der Waals surface area contributed by atoms with Gasteiger partial charge in [0.2, 0.25) is 0 Å². The Labute approximate surface area is 78.4 Å². The summed E-state index contributed by atoms with van der Waals surface area (Å²) in [6.45, 7) is 13.3. The van der Waals surface area contributed by atoms with Crippen molar-refractivity contribution < 1.29 is 0 Å². The van der Waals surface area contributed by atoms with Crippen molar-refractivity contribution in [2.24, 2.45) is 0 Å². The van der Waals surface area contributed by atoms with Crippen LogP contribution in [0.4, 0.5) is 0 Å². The number of hydrogen-bond acceptors (Lipinski definition) is 1. The first-order chi connectivity index (χ1) is 6.13. The van der Waals surface area contributed by atoms with Crippen molar-refractivity contribution in [2.45, 2.75) is 6.92 Å². The van der Waals surface area contributed by atoms with Crippen LogP contribution in [0.2, 0.25) is 0 Å². The van der Waals surface area contributed by atoms with Gasteiger partial charge in [-0.2, -0.15) is 0 Å². The molecule has 0 aliphatic rings. The van der Waals surface area contributed by atoms with Gasteiger partial charge in [-0.1, -0.05) is 31.9 Å². The van der Waals surface area contributed by atoms with Gasteiger partial charge in [0.15, 0.2) is 0 Å². The van der Waals surface area contributed by atoms with Gasteiger partial charge in [-0.05, 0) is 29.9 Å². The van der Waals surface area contributed by atoms with Crippen molar-refractivity contribution >= 4 is 12.7 Å². The zero-order valence-electron chi connectivity index (χ0n) is 7.88. The quantitative estimate of drug-likeness (QED) is 0.612. The SMILES string of the molecule is C=CC(=C)/C=c1/nc(C)ccc1=C. The summed E-state index contributed by atoms with van der Waals surface area (Å²) in [5.41, 5.74) is 1.83. The van der Waals surface area contributed by atoms with Crippen LogP contribution < -0.4 is 10.6 Å². The first-order valence-electron chi connectivity index (χ1n) is 4.09. The highest BCUT2D eigenvalue weighted by Gasteiger charge is 1.87. The first-order valence-corrected chi connectivity index (χ1v) is 4.09. The number of hydrogen-bond donors (Lipinski definition) is 0. The molecule has 0 radical (unpaired) electrons.